The summed E-state index contributed by atoms with van der Waals surface area (Å²) in [6.07, 6.45) is 2.07. The second kappa shape index (κ2) is 7.04. The maximum Gasteiger partial charge on any atom is 0.239 e. The van der Waals surface area contributed by atoms with Crippen molar-refractivity contribution in [2.24, 2.45) is 11.7 Å². The molecule has 15 heavy (non-hydrogen) atoms. The summed E-state index contributed by atoms with van der Waals surface area (Å²) in [6, 6.07) is -0.367. The van der Waals surface area contributed by atoms with Gasteiger partial charge in [-0.05, 0) is 25.7 Å². The van der Waals surface area contributed by atoms with Crippen LogP contribution in [0.1, 0.15) is 19.8 Å². The minimum atomic E-state index is -0.367. The summed E-state index contributed by atoms with van der Waals surface area (Å²) in [7, 11) is 1.72. The third-order valence-electron chi connectivity index (χ3n) is 2.72. The SMILES string of the molecule is COCC1CCN(C(=O)C(C)N)CC1.Cl. The molecule has 0 saturated carbocycles. The van der Waals surface area contributed by atoms with Crippen molar-refractivity contribution < 1.29 is 9.53 Å². The predicted molar refractivity (Wildman–Crippen MR) is 62.1 cm³/mol. The summed E-state index contributed by atoms with van der Waals surface area (Å²) in [6.45, 7) is 4.20. The molecule has 4 nitrogen and oxygen atoms in total. The van der Waals surface area contributed by atoms with E-state index in [1.807, 2.05) is 4.90 Å². The van der Waals surface area contributed by atoms with Gasteiger partial charge in [-0.25, -0.2) is 0 Å². The standard InChI is InChI=1S/C10H20N2O2.ClH/c1-8(11)10(13)12-5-3-9(4-6-12)7-14-2;/h8-9H,3-7,11H2,1-2H3;1H. The number of piperidine rings is 1. The fraction of sp³-hybridized carbons (Fsp3) is 0.900. The number of ether oxygens (including phenoxy) is 1. The van der Waals surface area contributed by atoms with Gasteiger partial charge in [0.05, 0.1) is 6.04 Å². The van der Waals surface area contributed by atoms with E-state index < -0.39 is 0 Å². The van der Waals surface area contributed by atoms with Crippen LogP contribution >= 0.6 is 12.4 Å². The third-order valence-corrected chi connectivity index (χ3v) is 2.72. The molecule has 1 rings (SSSR count). The first-order valence-electron chi connectivity index (χ1n) is 5.18. The first-order chi connectivity index (χ1) is 6.65. The minimum Gasteiger partial charge on any atom is -0.384 e. The van der Waals surface area contributed by atoms with Gasteiger partial charge in [0.15, 0.2) is 0 Å². The van der Waals surface area contributed by atoms with Gasteiger partial charge >= 0.3 is 0 Å². The lowest BCUT2D eigenvalue weighted by Crippen LogP contribution is -2.46. The number of rotatable bonds is 3. The molecule has 0 aromatic heterocycles. The molecule has 1 amide bonds. The van der Waals surface area contributed by atoms with E-state index in [1.54, 1.807) is 14.0 Å². The first kappa shape index (κ1) is 14.7. The average Bonchev–Trinajstić information content (AvgIpc) is 2.18. The molecule has 1 atom stereocenters. The van der Waals surface area contributed by atoms with Gasteiger partial charge in [0.25, 0.3) is 0 Å². The normalized spacial score (nSPS) is 19.5. The Kier molecular flexibility index (Phi) is 6.89. The topological polar surface area (TPSA) is 55.6 Å². The Morgan fingerprint density at radius 1 is 1.53 bits per heavy atom. The van der Waals surface area contributed by atoms with Crippen LogP contribution in [0.15, 0.2) is 0 Å². The minimum absolute atomic E-state index is 0. The number of hydrogen-bond acceptors (Lipinski definition) is 3. The lowest BCUT2D eigenvalue weighted by molar-refractivity contribution is -0.133. The summed E-state index contributed by atoms with van der Waals surface area (Å²) in [4.78, 5) is 13.4. The van der Waals surface area contributed by atoms with Crippen LogP contribution < -0.4 is 5.73 Å². The predicted octanol–water partition coefficient (Wildman–Crippen LogP) is 0.640. The molecule has 1 unspecified atom stereocenters. The molecule has 0 spiro atoms. The highest BCUT2D eigenvalue weighted by molar-refractivity contribution is 5.85. The van der Waals surface area contributed by atoms with E-state index in [-0.39, 0.29) is 24.4 Å². The second-order valence-corrected chi connectivity index (χ2v) is 4.01. The summed E-state index contributed by atoms with van der Waals surface area (Å²) in [5.41, 5.74) is 5.54. The molecule has 0 aromatic carbocycles. The van der Waals surface area contributed by atoms with Crippen molar-refractivity contribution in [3.63, 3.8) is 0 Å². The Balaban J connectivity index is 0.00000196. The fourth-order valence-electron chi connectivity index (χ4n) is 1.84. The van der Waals surface area contributed by atoms with E-state index >= 15 is 0 Å². The molecule has 2 N–H and O–H groups in total. The van der Waals surface area contributed by atoms with Gasteiger partial charge in [-0.1, -0.05) is 0 Å². The number of carbonyl (C=O) groups excluding carboxylic acids is 1. The van der Waals surface area contributed by atoms with Crippen LogP contribution in [0.2, 0.25) is 0 Å². The van der Waals surface area contributed by atoms with Crippen molar-refractivity contribution in [1.82, 2.24) is 4.90 Å². The van der Waals surface area contributed by atoms with Crippen LogP contribution in [0.3, 0.4) is 0 Å². The number of nitrogens with zero attached hydrogens (tertiary/aromatic N) is 1. The lowest BCUT2D eigenvalue weighted by Gasteiger charge is -2.32. The highest BCUT2D eigenvalue weighted by Crippen LogP contribution is 2.17. The first-order valence-corrected chi connectivity index (χ1v) is 5.18. The maximum absolute atomic E-state index is 11.5. The molecule has 1 fully saturated rings. The van der Waals surface area contributed by atoms with E-state index in [9.17, 15) is 4.79 Å². The zero-order valence-electron chi connectivity index (χ0n) is 9.44. The van der Waals surface area contributed by atoms with Crippen LogP contribution in [0, 0.1) is 5.92 Å². The Bertz CT molecular complexity index is 192. The average molecular weight is 237 g/mol. The lowest BCUT2D eigenvalue weighted by atomic mass is 9.97. The maximum atomic E-state index is 11.5. The van der Waals surface area contributed by atoms with Crippen molar-refractivity contribution >= 4 is 18.3 Å². The van der Waals surface area contributed by atoms with E-state index in [0.717, 1.165) is 32.5 Å². The van der Waals surface area contributed by atoms with E-state index in [4.69, 9.17) is 10.5 Å². The smallest absolute Gasteiger partial charge is 0.239 e. The molecular formula is C10H21ClN2O2. The zero-order valence-corrected chi connectivity index (χ0v) is 10.3. The number of likely N-dealkylation sites (tertiary alicyclic amines) is 1. The van der Waals surface area contributed by atoms with E-state index in [1.165, 1.54) is 0 Å². The van der Waals surface area contributed by atoms with Crippen LogP contribution in [-0.2, 0) is 9.53 Å². The second-order valence-electron chi connectivity index (χ2n) is 4.01. The van der Waals surface area contributed by atoms with Crippen molar-refractivity contribution in [3.8, 4) is 0 Å². The van der Waals surface area contributed by atoms with Gasteiger partial charge in [-0.15, -0.1) is 12.4 Å². The molecular weight excluding hydrogens is 216 g/mol. The number of hydrogen-bond donors (Lipinski definition) is 1. The number of carbonyl (C=O) groups is 1. The molecule has 1 saturated heterocycles. The van der Waals surface area contributed by atoms with Crippen molar-refractivity contribution in [2.45, 2.75) is 25.8 Å². The molecule has 1 aliphatic heterocycles. The zero-order chi connectivity index (χ0) is 10.6. The number of nitrogens with two attached hydrogens (primary N) is 1. The molecule has 1 heterocycles. The summed E-state index contributed by atoms with van der Waals surface area (Å²) in [5.74, 6) is 0.679. The number of amides is 1. The molecule has 0 radical (unpaired) electrons. The molecule has 90 valence electrons. The van der Waals surface area contributed by atoms with E-state index in [2.05, 4.69) is 0 Å². The quantitative estimate of drug-likeness (QED) is 0.783. The molecule has 5 heteroatoms. The van der Waals surface area contributed by atoms with Crippen LogP contribution in [0.25, 0.3) is 0 Å². The van der Waals surface area contributed by atoms with Gasteiger partial charge in [0.2, 0.25) is 5.91 Å². The van der Waals surface area contributed by atoms with Crippen molar-refractivity contribution in [2.75, 3.05) is 26.8 Å². The third kappa shape index (κ3) is 4.36. The largest absolute Gasteiger partial charge is 0.384 e. The Hall–Kier alpha value is -0.320. The van der Waals surface area contributed by atoms with Gasteiger partial charge < -0.3 is 15.4 Å². The molecule has 1 aliphatic rings. The van der Waals surface area contributed by atoms with Crippen LogP contribution in [-0.4, -0.2) is 43.7 Å². The summed E-state index contributed by atoms with van der Waals surface area (Å²) < 4.78 is 5.10. The molecule has 0 aromatic rings. The van der Waals surface area contributed by atoms with Gasteiger partial charge in [0, 0.05) is 26.8 Å². The number of methoxy groups -OCH3 is 1. The summed E-state index contributed by atoms with van der Waals surface area (Å²) in [5, 5.41) is 0. The summed E-state index contributed by atoms with van der Waals surface area (Å²) >= 11 is 0. The highest BCUT2D eigenvalue weighted by atomic mass is 35.5. The van der Waals surface area contributed by atoms with Crippen molar-refractivity contribution in [1.29, 1.82) is 0 Å². The highest BCUT2D eigenvalue weighted by Gasteiger charge is 2.24. The van der Waals surface area contributed by atoms with E-state index in [0.29, 0.717) is 5.92 Å². The van der Waals surface area contributed by atoms with Gasteiger partial charge in [-0.2, -0.15) is 0 Å². The van der Waals surface area contributed by atoms with Crippen LogP contribution in [0.4, 0.5) is 0 Å². The Morgan fingerprint density at radius 3 is 2.47 bits per heavy atom. The van der Waals surface area contributed by atoms with Crippen molar-refractivity contribution in [3.05, 3.63) is 0 Å². The van der Waals surface area contributed by atoms with Gasteiger partial charge in [-0.3, -0.25) is 4.79 Å². The molecule has 0 bridgehead atoms. The molecule has 0 aliphatic carbocycles. The Morgan fingerprint density at radius 2 is 2.07 bits per heavy atom. The monoisotopic (exact) mass is 236 g/mol. The van der Waals surface area contributed by atoms with Crippen LogP contribution in [0.5, 0.6) is 0 Å². The van der Waals surface area contributed by atoms with Gasteiger partial charge in [0.1, 0.15) is 0 Å². The number of halogens is 1. The Labute approximate surface area is 97.5 Å². The fourth-order valence-corrected chi connectivity index (χ4v) is 1.84.